The number of hydrogen-bond donors (Lipinski definition) is 2. The van der Waals surface area contributed by atoms with Crippen molar-refractivity contribution in [1.29, 1.82) is 5.26 Å². The number of carbonyl (C=O) groups is 3. The average Bonchev–Trinajstić information content (AvgIpc) is 3.96. The largest absolute Gasteiger partial charge is 0.376 e. The van der Waals surface area contributed by atoms with Gasteiger partial charge in [-0.15, -0.1) is 0 Å². The zero-order valence-electron chi connectivity index (χ0n) is 26.6. The second-order valence-electron chi connectivity index (χ2n) is 13.2. The summed E-state index contributed by atoms with van der Waals surface area (Å²) in [6.07, 6.45) is 5.86. The van der Waals surface area contributed by atoms with Crippen molar-refractivity contribution in [2.75, 3.05) is 23.9 Å². The van der Waals surface area contributed by atoms with Crippen LogP contribution in [0.4, 0.5) is 17.3 Å². The molecule has 2 aromatic heterocycles. The summed E-state index contributed by atoms with van der Waals surface area (Å²) in [5.74, 6) is -0.910. The number of amides is 3. The Morgan fingerprint density at radius 1 is 0.958 bits per heavy atom. The fraction of sp³-hybridized carbons (Fsp3) is 0.314. The maximum Gasteiger partial charge on any atom is 0.270 e. The average molecular weight is 684 g/mol. The van der Waals surface area contributed by atoms with Gasteiger partial charge in [-0.1, -0.05) is 35.3 Å². The van der Waals surface area contributed by atoms with E-state index in [1.165, 1.54) is 11.1 Å². The molecule has 48 heavy (non-hydrogen) atoms. The van der Waals surface area contributed by atoms with Crippen LogP contribution in [0, 0.1) is 11.3 Å². The van der Waals surface area contributed by atoms with Gasteiger partial charge < -0.3 is 15.5 Å². The standard InChI is InChI=1S/C35H32Cl2N8O3/c1-33(17-21-4-6-22(18-38)7-5-21)31(48)44(26-15-23(36)14-24(37)16-26)32-40-20-27(45(32)33)29(46)41-35(12-13-35)30(47)42-34(10-11-34)28-9-8-25(19-39-28)43(2)3/h4-9,14-16,19-20H,10-13,17H2,1-3H3,(H,41,46)(H,42,47)/t33-/m1/s1. The summed E-state index contributed by atoms with van der Waals surface area (Å²) in [4.78, 5) is 54.7. The van der Waals surface area contributed by atoms with E-state index >= 15 is 0 Å². The molecule has 3 amide bonds. The fourth-order valence-electron chi connectivity index (χ4n) is 6.38. The Kier molecular flexibility index (Phi) is 7.49. The Bertz CT molecular complexity index is 1990. The predicted octanol–water partition coefficient (Wildman–Crippen LogP) is 5.23. The van der Waals surface area contributed by atoms with Gasteiger partial charge in [-0.25, -0.2) is 9.88 Å². The highest BCUT2D eigenvalue weighted by Crippen LogP contribution is 2.48. The first kappa shape index (κ1) is 31.7. The third-order valence-corrected chi connectivity index (χ3v) is 9.90. The number of carbonyl (C=O) groups excluding carboxylic acids is 3. The van der Waals surface area contributed by atoms with Crippen LogP contribution < -0.4 is 20.4 Å². The SMILES string of the molecule is CN(C)c1ccc(C2(NC(=O)C3(NC(=O)c4cnc5n4[C@](C)(Cc4ccc(C#N)cc4)C(=O)N5c4cc(Cl)cc(Cl)c4)CC3)CC2)nc1. The van der Waals surface area contributed by atoms with Crippen LogP contribution in [0.1, 0.15) is 59.9 Å². The number of aromatic nitrogens is 3. The summed E-state index contributed by atoms with van der Waals surface area (Å²) in [5, 5.41) is 16.1. The quantitative estimate of drug-likeness (QED) is 0.247. The van der Waals surface area contributed by atoms with Gasteiger partial charge in [0.2, 0.25) is 11.9 Å². The van der Waals surface area contributed by atoms with Gasteiger partial charge in [0.15, 0.2) is 0 Å². The number of nitrogens with one attached hydrogen (secondary N) is 2. The first-order valence-electron chi connectivity index (χ1n) is 15.6. The minimum atomic E-state index is -1.30. The molecule has 2 fully saturated rings. The molecule has 3 aliphatic rings. The molecule has 0 saturated heterocycles. The number of anilines is 3. The van der Waals surface area contributed by atoms with Crippen molar-refractivity contribution in [2.45, 2.75) is 55.6 Å². The van der Waals surface area contributed by atoms with Crippen molar-refractivity contribution >= 4 is 58.2 Å². The summed E-state index contributed by atoms with van der Waals surface area (Å²) in [7, 11) is 3.88. The van der Waals surface area contributed by atoms with E-state index in [-0.39, 0.29) is 29.9 Å². The molecule has 2 N–H and O–H groups in total. The van der Waals surface area contributed by atoms with Crippen LogP contribution in [0.5, 0.6) is 0 Å². The number of fused-ring (bicyclic) bond motifs is 1. The molecule has 0 radical (unpaired) electrons. The molecule has 11 nitrogen and oxygen atoms in total. The summed E-state index contributed by atoms with van der Waals surface area (Å²) in [5.41, 5.74) is 0.592. The Morgan fingerprint density at radius 3 is 2.21 bits per heavy atom. The highest BCUT2D eigenvalue weighted by molar-refractivity contribution is 6.35. The molecule has 2 aromatic carbocycles. The number of benzene rings is 2. The molecule has 7 rings (SSSR count). The van der Waals surface area contributed by atoms with Gasteiger partial charge in [0.1, 0.15) is 16.8 Å². The lowest BCUT2D eigenvalue weighted by Crippen LogP contribution is -2.52. The Balaban J connectivity index is 1.19. The number of imidazole rings is 1. The number of hydrogen-bond acceptors (Lipinski definition) is 7. The van der Waals surface area contributed by atoms with Crippen LogP contribution in [0.25, 0.3) is 0 Å². The monoisotopic (exact) mass is 682 g/mol. The summed E-state index contributed by atoms with van der Waals surface area (Å²) in [6, 6.07) is 17.7. The minimum Gasteiger partial charge on any atom is -0.376 e. The fourth-order valence-corrected chi connectivity index (χ4v) is 6.89. The van der Waals surface area contributed by atoms with Crippen LogP contribution >= 0.6 is 23.2 Å². The second-order valence-corrected chi connectivity index (χ2v) is 14.0. The van der Waals surface area contributed by atoms with Crippen molar-refractivity contribution in [3.63, 3.8) is 0 Å². The van der Waals surface area contributed by atoms with Gasteiger partial charge in [-0.2, -0.15) is 5.26 Å². The molecule has 2 aliphatic carbocycles. The molecule has 4 aromatic rings. The van der Waals surface area contributed by atoms with E-state index in [2.05, 4.69) is 26.7 Å². The Morgan fingerprint density at radius 2 is 1.65 bits per heavy atom. The van der Waals surface area contributed by atoms with Crippen LogP contribution in [0.3, 0.4) is 0 Å². The molecule has 3 heterocycles. The summed E-state index contributed by atoms with van der Waals surface area (Å²) >= 11 is 12.6. The van der Waals surface area contributed by atoms with Crippen molar-refractivity contribution < 1.29 is 14.4 Å². The molecule has 2 saturated carbocycles. The van der Waals surface area contributed by atoms with Crippen molar-refractivity contribution in [2.24, 2.45) is 0 Å². The minimum absolute atomic E-state index is 0.131. The van der Waals surface area contributed by atoms with E-state index in [0.717, 1.165) is 29.8 Å². The maximum absolute atomic E-state index is 14.4. The first-order valence-corrected chi connectivity index (χ1v) is 16.3. The Labute approximate surface area is 287 Å². The number of nitrogens with zero attached hydrogens (tertiary/aromatic N) is 6. The molecular weight excluding hydrogens is 651 g/mol. The zero-order chi connectivity index (χ0) is 34.0. The third-order valence-electron chi connectivity index (χ3n) is 9.46. The molecule has 13 heteroatoms. The van der Waals surface area contributed by atoms with Gasteiger partial charge in [0, 0.05) is 30.6 Å². The third kappa shape index (κ3) is 5.35. The lowest BCUT2D eigenvalue weighted by molar-refractivity contribution is -0.125. The van der Waals surface area contributed by atoms with Gasteiger partial charge in [-0.05, 0) is 80.6 Å². The first-order chi connectivity index (χ1) is 22.9. The summed E-state index contributed by atoms with van der Waals surface area (Å²) in [6.45, 7) is 1.74. The number of rotatable bonds is 9. The predicted molar refractivity (Wildman–Crippen MR) is 181 cm³/mol. The normalized spacial score (nSPS) is 19.7. The van der Waals surface area contributed by atoms with E-state index < -0.39 is 22.5 Å². The zero-order valence-corrected chi connectivity index (χ0v) is 28.1. The topological polar surface area (TPSA) is 136 Å². The van der Waals surface area contributed by atoms with Crippen LogP contribution in [0.15, 0.2) is 67.0 Å². The number of nitriles is 1. The molecule has 0 bridgehead atoms. The van der Waals surface area contributed by atoms with Gasteiger partial charge in [0.25, 0.3) is 11.8 Å². The number of halogens is 2. The smallest absolute Gasteiger partial charge is 0.270 e. The van der Waals surface area contributed by atoms with Crippen LogP contribution in [-0.2, 0) is 27.1 Å². The van der Waals surface area contributed by atoms with E-state index in [4.69, 9.17) is 23.2 Å². The lowest BCUT2D eigenvalue weighted by atomic mass is 9.91. The van der Waals surface area contributed by atoms with Gasteiger partial charge in [0.05, 0.1) is 46.6 Å². The molecule has 0 unspecified atom stereocenters. The van der Waals surface area contributed by atoms with Gasteiger partial charge >= 0.3 is 0 Å². The molecule has 244 valence electrons. The maximum atomic E-state index is 14.4. The highest BCUT2D eigenvalue weighted by Gasteiger charge is 2.57. The Hall–Kier alpha value is -4.92. The van der Waals surface area contributed by atoms with Crippen molar-refractivity contribution in [1.82, 2.24) is 25.2 Å². The van der Waals surface area contributed by atoms with Gasteiger partial charge in [-0.3, -0.25) is 23.9 Å². The lowest BCUT2D eigenvalue weighted by Gasteiger charge is -2.27. The summed E-state index contributed by atoms with van der Waals surface area (Å²) < 4.78 is 1.62. The molecule has 1 atom stereocenters. The van der Waals surface area contributed by atoms with E-state index in [1.54, 1.807) is 60.2 Å². The second kappa shape index (κ2) is 11.4. The molecule has 1 aliphatic heterocycles. The molecular formula is C35H32Cl2N8O3. The van der Waals surface area contributed by atoms with Crippen LogP contribution in [-0.4, -0.2) is 51.9 Å². The van der Waals surface area contributed by atoms with Crippen molar-refractivity contribution in [3.05, 3.63) is 99.6 Å². The van der Waals surface area contributed by atoms with E-state index in [9.17, 15) is 19.6 Å². The van der Waals surface area contributed by atoms with E-state index in [1.807, 2.05) is 31.1 Å². The number of pyridine rings is 1. The van der Waals surface area contributed by atoms with Crippen LogP contribution in [0.2, 0.25) is 10.0 Å². The molecule has 0 spiro atoms. The van der Waals surface area contributed by atoms with Crippen molar-refractivity contribution in [3.8, 4) is 6.07 Å². The van der Waals surface area contributed by atoms with E-state index in [0.29, 0.717) is 34.1 Å². The highest BCUT2D eigenvalue weighted by atomic mass is 35.5.